The van der Waals surface area contributed by atoms with Gasteiger partial charge in [0.25, 0.3) is 0 Å². The smallest absolute Gasteiger partial charge is 0.223 e. The van der Waals surface area contributed by atoms with E-state index in [0.29, 0.717) is 5.95 Å². The molecule has 4 heterocycles. The zero-order valence-electron chi connectivity index (χ0n) is 13.2. The number of nitrogen functional groups attached to an aromatic ring is 1. The number of H-pyrrole nitrogens is 1. The van der Waals surface area contributed by atoms with E-state index in [2.05, 4.69) is 34.7 Å². The average Bonchev–Trinajstić information content (AvgIpc) is 3.19. The van der Waals surface area contributed by atoms with Gasteiger partial charge in [0.2, 0.25) is 5.95 Å². The summed E-state index contributed by atoms with van der Waals surface area (Å²) < 4.78 is 0. The lowest BCUT2D eigenvalue weighted by molar-refractivity contribution is 0.502. The first-order valence-electron chi connectivity index (χ1n) is 8.14. The number of aromatic nitrogens is 5. The van der Waals surface area contributed by atoms with E-state index < -0.39 is 0 Å². The van der Waals surface area contributed by atoms with E-state index in [9.17, 15) is 0 Å². The van der Waals surface area contributed by atoms with Crippen molar-refractivity contribution in [2.45, 2.75) is 18.4 Å². The monoisotopic (exact) mass is 322 g/mol. The van der Waals surface area contributed by atoms with E-state index in [-0.39, 0.29) is 5.54 Å². The van der Waals surface area contributed by atoms with Gasteiger partial charge in [-0.15, -0.1) is 0 Å². The van der Waals surface area contributed by atoms with Crippen molar-refractivity contribution in [2.24, 2.45) is 0 Å². The van der Waals surface area contributed by atoms with E-state index in [1.54, 1.807) is 12.4 Å². The minimum atomic E-state index is 0.136. The van der Waals surface area contributed by atoms with Crippen LogP contribution in [-0.2, 0) is 0 Å². The van der Waals surface area contributed by atoms with Crippen molar-refractivity contribution in [1.82, 2.24) is 24.9 Å². The normalized spacial score (nSPS) is 19.2. The highest BCUT2D eigenvalue weighted by atomic mass is 15.4. The minimum absolute atomic E-state index is 0.136. The van der Waals surface area contributed by atoms with Crippen molar-refractivity contribution in [1.29, 1.82) is 0 Å². The first kappa shape index (κ1) is 13.5. The molecule has 0 unspecified atom stereocenters. The summed E-state index contributed by atoms with van der Waals surface area (Å²) in [6.45, 7) is 2.68. The van der Waals surface area contributed by atoms with Gasteiger partial charge in [-0.25, -0.2) is 4.98 Å². The maximum Gasteiger partial charge on any atom is 0.223 e. The number of hydrogen-bond acceptors (Lipinski definition) is 7. The molecule has 3 N–H and O–H groups in total. The highest BCUT2D eigenvalue weighted by Crippen LogP contribution is 2.46. The molecule has 0 atom stereocenters. The summed E-state index contributed by atoms with van der Waals surface area (Å²) in [5.74, 6) is 2.19. The second-order valence-corrected chi connectivity index (χ2v) is 6.51. The Bertz CT molecular complexity index is 885. The predicted molar refractivity (Wildman–Crippen MR) is 91.9 cm³/mol. The zero-order valence-corrected chi connectivity index (χ0v) is 13.2. The lowest BCUT2D eigenvalue weighted by Crippen LogP contribution is -2.56. The van der Waals surface area contributed by atoms with E-state index in [1.165, 1.54) is 0 Å². The third-order valence-corrected chi connectivity index (χ3v) is 5.02. The number of fused-ring (bicyclic) bond motifs is 1. The van der Waals surface area contributed by atoms with Gasteiger partial charge in [0, 0.05) is 38.2 Å². The van der Waals surface area contributed by atoms with Gasteiger partial charge in [0.05, 0.1) is 17.1 Å². The lowest BCUT2D eigenvalue weighted by atomic mass is 10.1. The van der Waals surface area contributed by atoms with Crippen LogP contribution in [0.5, 0.6) is 0 Å². The van der Waals surface area contributed by atoms with E-state index in [0.717, 1.165) is 55.1 Å². The van der Waals surface area contributed by atoms with Gasteiger partial charge >= 0.3 is 0 Å². The molecule has 0 bridgehead atoms. The fourth-order valence-corrected chi connectivity index (χ4v) is 3.70. The molecule has 1 aliphatic heterocycles. The second-order valence-electron chi connectivity index (χ2n) is 6.51. The number of hydrogen-bond donors (Lipinski definition) is 2. The zero-order chi connectivity index (χ0) is 16.1. The molecule has 0 amide bonds. The first-order valence-corrected chi connectivity index (χ1v) is 8.14. The molecule has 122 valence electrons. The number of anilines is 3. The van der Waals surface area contributed by atoms with Gasteiger partial charge in [-0.05, 0) is 18.9 Å². The van der Waals surface area contributed by atoms with Gasteiger partial charge in [-0.3, -0.25) is 4.98 Å². The number of rotatable bonds is 2. The highest BCUT2D eigenvalue weighted by Gasteiger charge is 2.52. The predicted octanol–water partition coefficient (Wildman–Crippen LogP) is 1.19. The van der Waals surface area contributed by atoms with Crippen LogP contribution in [0.25, 0.3) is 11.0 Å². The standard InChI is InChI=1S/C16H18N8/c17-15-21-13-11(1-4-20-13)14(22-15)23-7-8-24(16(10-23)2-3-16)12-9-18-5-6-19-12/h1,4-6,9H,2-3,7-8,10H2,(H3,17,20,21,22). The van der Waals surface area contributed by atoms with Crippen LogP contribution in [0.15, 0.2) is 30.9 Å². The average molecular weight is 322 g/mol. The SMILES string of the molecule is Nc1nc(N2CCN(c3cnccn3)C3(CC3)C2)c2cc[nH]c2n1. The van der Waals surface area contributed by atoms with Crippen LogP contribution in [0.1, 0.15) is 12.8 Å². The molecule has 1 saturated carbocycles. The Labute approximate surface area is 138 Å². The summed E-state index contributed by atoms with van der Waals surface area (Å²) >= 11 is 0. The number of nitrogens with one attached hydrogen (secondary N) is 1. The third-order valence-electron chi connectivity index (χ3n) is 5.02. The van der Waals surface area contributed by atoms with Crippen LogP contribution in [0.4, 0.5) is 17.6 Å². The van der Waals surface area contributed by atoms with Crippen molar-refractivity contribution in [3.8, 4) is 0 Å². The number of nitrogens with zero attached hydrogens (tertiary/aromatic N) is 6. The number of aromatic amines is 1. The molecule has 5 rings (SSSR count). The Kier molecular flexibility index (Phi) is 2.70. The topological polar surface area (TPSA) is 99.9 Å². The van der Waals surface area contributed by atoms with Crippen molar-refractivity contribution >= 4 is 28.6 Å². The third kappa shape index (κ3) is 1.99. The fraction of sp³-hybridized carbons (Fsp3) is 0.375. The van der Waals surface area contributed by atoms with Gasteiger partial charge in [0.15, 0.2) is 0 Å². The molecule has 8 nitrogen and oxygen atoms in total. The maximum atomic E-state index is 5.89. The molecule has 3 aromatic rings. The molecule has 3 aromatic heterocycles. The molecule has 0 aromatic carbocycles. The number of nitrogens with two attached hydrogens (primary N) is 1. The molecular formula is C16H18N8. The van der Waals surface area contributed by atoms with E-state index >= 15 is 0 Å². The summed E-state index contributed by atoms with van der Waals surface area (Å²) in [5, 5.41) is 1.02. The van der Waals surface area contributed by atoms with Crippen LogP contribution >= 0.6 is 0 Å². The fourth-order valence-electron chi connectivity index (χ4n) is 3.70. The van der Waals surface area contributed by atoms with Crippen LogP contribution < -0.4 is 15.5 Å². The second kappa shape index (κ2) is 4.80. The Morgan fingerprint density at radius 1 is 1.17 bits per heavy atom. The highest BCUT2D eigenvalue weighted by molar-refractivity contribution is 5.88. The minimum Gasteiger partial charge on any atom is -0.368 e. The van der Waals surface area contributed by atoms with Crippen molar-refractivity contribution in [3.05, 3.63) is 30.9 Å². The van der Waals surface area contributed by atoms with Gasteiger partial charge in [-0.1, -0.05) is 0 Å². The maximum absolute atomic E-state index is 5.89. The van der Waals surface area contributed by atoms with Crippen molar-refractivity contribution < 1.29 is 0 Å². The Morgan fingerprint density at radius 2 is 2.08 bits per heavy atom. The molecule has 0 radical (unpaired) electrons. The van der Waals surface area contributed by atoms with Crippen LogP contribution in [0.2, 0.25) is 0 Å². The summed E-state index contributed by atoms with van der Waals surface area (Å²) in [7, 11) is 0. The van der Waals surface area contributed by atoms with Crippen LogP contribution in [0.3, 0.4) is 0 Å². The van der Waals surface area contributed by atoms with E-state index in [4.69, 9.17) is 5.73 Å². The summed E-state index contributed by atoms with van der Waals surface area (Å²) in [6, 6.07) is 2.01. The molecule has 2 fully saturated rings. The van der Waals surface area contributed by atoms with E-state index in [1.807, 2.05) is 18.5 Å². The molecule has 2 aliphatic rings. The Hall–Kier alpha value is -2.90. The molecule has 8 heteroatoms. The quantitative estimate of drug-likeness (QED) is 0.731. The Balaban J connectivity index is 1.49. The van der Waals surface area contributed by atoms with Gasteiger partial charge in [-0.2, -0.15) is 9.97 Å². The van der Waals surface area contributed by atoms with Crippen molar-refractivity contribution in [3.63, 3.8) is 0 Å². The molecule has 1 spiro atoms. The van der Waals surface area contributed by atoms with Crippen LogP contribution in [-0.4, -0.2) is 50.1 Å². The van der Waals surface area contributed by atoms with Crippen molar-refractivity contribution in [2.75, 3.05) is 35.2 Å². The molecule has 1 saturated heterocycles. The number of piperazine rings is 1. The van der Waals surface area contributed by atoms with Crippen LogP contribution in [0, 0.1) is 0 Å². The summed E-state index contributed by atoms with van der Waals surface area (Å²) in [6.07, 6.45) is 9.53. The largest absolute Gasteiger partial charge is 0.368 e. The summed E-state index contributed by atoms with van der Waals surface area (Å²) in [4.78, 5) is 25.3. The van der Waals surface area contributed by atoms with Gasteiger partial charge in [0.1, 0.15) is 17.3 Å². The lowest BCUT2D eigenvalue weighted by Gasteiger charge is -2.43. The first-order chi connectivity index (χ1) is 11.8. The van der Waals surface area contributed by atoms with Gasteiger partial charge < -0.3 is 20.5 Å². The summed E-state index contributed by atoms with van der Waals surface area (Å²) in [5.41, 5.74) is 6.82. The Morgan fingerprint density at radius 3 is 2.88 bits per heavy atom. The molecule has 1 aliphatic carbocycles. The molecule has 24 heavy (non-hydrogen) atoms. The molecular weight excluding hydrogens is 304 g/mol.